The number of fused-ring (bicyclic) bond motifs is 2. The maximum absolute atomic E-state index is 4.99. The molecule has 3 aromatic carbocycles. The molecule has 0 bridgehead atoms. The fourth-order valence-corrected chi connectivity index (χ4v) is 4.48. The summed E-state index contributed by atoms with van der Waals surface area (Å²) in [6.07, 6.45) is 2.19. The Kier molecular flexibility index (Phi) is 5.72. The monoisotopic (exact) mass is 388 g/mol. The van der Waals surface area contributed by atoms with Gasteiger partial charge in [-0.1, -0.05) is 57.2 Å². The molecule has 0 saturated heterocycles. The second kappa shape index (κ2) is 8.40. The molecule has 0 amide bonds. The molecule has 3 heteroatoms. The summed E-state index contributed by atoms with van der Waals surface area (Å²) in [6.45, 7) is 7.63. The third-order valence-electron chi connectivity index (χ3n) is 5.02. The zero-order valence-electron chi connectivity index (χ0n) is 17.0. The standard InChI is InChI=1S/C25H28N2S/c1-4-13-28-22-11-12-23-24(16-22)27(25(26-23)14-18(2)3)17-19-9-10-20-7-5-6-8-21(20)15-19/h5-12,15-16,18H,4,13-14,17H2,1-3H3. The van der Waals surface area contributed by atoms with Crippen LogP contribution in [0.25, 0.3) is 21.8 Å². The first-order chi connectivity index (χ1) is 13.6. The molecule has 0 atom stereocenters. The third-order valence-corrected chi connectivity index (χ3v) is 6.22. The Labute approximate surface area is 172 Å². The summed E-state index contributed by atoms with van der Waals surface area (Å²) in [4.78, 5) is 6.32. The van der Waals surface area contributed by atoms with E-state index in [1.54, 1.807) is 0 Å². The number of thioether (sulfide) groups is 1. The van der Waals surface area contributed by atoms with Crippen molar-refractivity contribution in [2.75, 3.05) is 5.75 Å². The number of imidazole rings is 1. The largest absolute Gasteiger partial charge is 0.323 e. The van der Waals surface area contributed by atoms with Gasteiger partial charge in [-0.3, -0.25) is 0 Å². The fraction of sp³-hybridized carbons (Fsp3) is 0.320. The van der Waals surface area contributed by atoms with Crippen molar-refractivity contribution in [3.8, 4) is 0 Å². The van der Waals surface area contributed by atoms with Gasteiger partial charge in [-0.15, -0.1) is 11.8 Å². The van der Waals surface area contributed by atoms with Crippen molar-refractivity contribution in [3.63, 3.8) is 0 Å². The topological polar surface area (TPSA) is 17.8 Å². The van der Waals surface area contributed by atoms with Crippen molar-refractivity contribution >= 4 is 33.6 Å². The molecule has 0 radical (unpaired) electrons. The van der Waals surface area contributed by atoms with Gasteiger partial charge >= 0.3 is 0 Å². The predicted octanol–water partition coefficient (Wildman–Crippen LogP) is 6.94. The minimum atomic E-state index is 0.584. The van der Waals surface area contributed by atoms with Gasteiger partial charge in [-0.05, 0) is 58.7 Å². The zero-order valence-corrected chi connectivity index (χ0v) is 17.8. The van der Waals surface area contributed by atoms with Crippen molar-refractivity contribution < 1.29 is 0 Å². The van der Waals surface area contributed by atoms with Crippen LogP contribution in [0, 0.1) is 5.92 Å². The minimum absolute atomic E-state index is 0.584. The van der Waals surface area contributed by atoms with Crippen molar-refractivity contribution in [3.05, 3.63) is 72.1 Å². The summed E-state index contributed by atoms with van der Waals surface area (Å²) in [6, 6.07) is 22.1. The van der Waals surface area contributed by atoms with Gasteiger partial charge in [0.25, 0.3) is 0 Å². The van der Waals surface area contributed by atoms with Crippen molar-refractivity contribution in [2.45, 2.75) is 45.1 Å². The summed E-state index contributed by atoms with van der Waals surface area (Å²) in [5.74, 6) is 2.93. The van der Waals surface area contributed by atoms with Gasteiger partial charge in [0.1, 0.15) is 5.82 Å². The Morgan fingerprint density at radius 1 is 0.964 bits per heavy atom. The molecule has 144 valence electrons. The van der Waals surface area contributed by atoms with Crippen LogP contribution in [0.4, 0.5) is 0 Å². The first kappa shape index (κ1) is 19.1. The van der Waals surface area contributed by atoms with Crippen LogP contribution in [0.5, 0.6) is 0 Å². The van der Waals surface area contributed by atoms with Crippen LogP contribution < -0.4 is 0 Å². The van der Waals surface area contributed by atoms with Crippen LogP contribution in [0.2, 0.25) is 0 Å². The first-order valence-electron chi connectivity index (χ1n) is 10.2. The molecule has 0 aliphatic heterocycles. The summed E-state index contributed by atoms with van der Waals surface area (Å²) < 4.78 is 2.43. The summed E-state index contributed by atoms with van der Waals surface area (Å²) in [7, 11) is 0. The molecule has 28 heavy (non-hydrogen) atoms. The molecule has 1 heterocycles. The van der Waals surface area contributed by atoms with Crippen LogP contribution in [-0.2, 0) is 13.0 Å². The fourth-order valence-electron chi connectivity index (χ4n) is 3.68. The lowest BCUT2D eigenvalue weighted by atomic mass is 10.1. The molecule has 4 aromatic rings. The van der Waals surface area contributed by atoms with E-state index < -0.39 is 0 Å². The molecule has 2 nitrogen and oxygen atoms in total. The van der Waals surface area contributed by atoms with Crippen molar-refractivity contribution in [1.82, 2.24) is 9.55 Å². The van der Waals surface area contributed by atoms with E-state index in [9.17, 15) is 0 Å². The number of hydrogen-bond acceptors (Lipinski definition) is 2. The molecule has 0 fully saturated rings. The van der Waals surface area contributed by atoms with E-state index in [1.807, 2.05) is 11.8 Å². The van der Waals surface area contributed by atoms with E-state index >= 15 is 0 Å². The Balaban J connectivity index is 1.76. The zero-order chi connectivity index (χ0) is 19.5. The Bertz CT molecular complexity index is 1090. The first-order valence-corrected chi connectivity index (χ1v) is 11.2. The quantitative estimate of drug-likeness (QED) is 0.319. The highest BCUT2D eigenvalue weighted by Crippen LogP contribution is 2.27. The van der Waals surface area contributed by atoms with E-state index in [-0.39, 0.29) is 0 Å². The molecular formula is C25H28N2S. The number of nitrogens with zero attached hydrogens (tertiary/aromatic N) is 2. The van der Waals surface area contributed by atoms with Crippen LogP contribution in [0.15, 0.2) is 65.6 Å². The van der Waals surface area contributed by atoms with Gasteiger partial charge in [0.15, 0.2) is 0 Å². The van der Waals surface area contributed by atoms with Gasteiger partial charge in [0.2, 0.25) is 0 Å². The Hall–Kier alpha value is -2.26. The Morgan fingerprint density at radius 2 is 1.79 bits per heavy atom. The molecular weight excluding hydrogens is 360 g/mol. The van der Waals surface area contributed by atoms with Crippen LogP contribution >= 0.6 is 11.8 Å². The average molecular weight is 389 g/mol. The maximum Gasteiger partial charge on any atom is 0.110 e. The van der Waals surface area contributed by atoms with E-state index in [4.69, 9.17) is 4.98 Å². The molecule has 0 aliphatic carbocycles. The SMILES string of the molecule is CCCSc1ccc2nc(CC(C)C)n(Cc3ccc4ccccc4c3)c2c1. The third kappa shape index (κ3) is 4.10. The highest BCUT2D eigenvalue weighted by Gasteiger charge is 2.13. The van der Waals surface area contributed by atoms with Gasteiger partial charge in [-0.2, -0.15) is 0 Å². The molecule has 0 spiro atoms. The van der Waals surface area contributed by atoms with E-state index in [1.165, 1.54) is 39.0 Å². The van der Waals surface area contributed by atoms with E-state index in [0.717, 1.165) is 24.2 Å². The lowest BCUT2D eigenvalue weighted by Gasteiger charge is -2.12. The maximum atomic E-state index is 4.99. The van der Waals surface area contributed by atoms with Crippen molar-refractivity contribution in [1.29, 1.82) is 0 Å². The van der Waals surface area contributed by atoms with Crippen LogP contribution in [-0.4, -0.2) is 15.3 Å². The molecule has 1 aromatic heterocycles. The lowest BCUT2D eigenvalue weighted by molar-refractivity contribution is 0.595. The summed E-state index contributed by atoms with van der Waals surface area (Å²) in [5.41, 5.74) is 3.69. The van der Waals surface area contributed by atoms with Crippen molar-refractivity contribution in [2.24, 2.45) is 5.92 Å². The predicted molar refractivity (Wildman–Crippen MR) is 122 cm³/mol. The smallest absolute Gasteiger partial charge is 0.110 e. The van der Waals surface area contributed by atoms with Gasteiger partial charge < -0.3 is 4.57 Å². The lowest BCUT2D eigenvalue weighted by Crippen LogP contribution is -2.08. The second-order valence-electron chi connectivity index (χ2n) is 7.89. The normalized spacial score (nSPS) is 11.7. The number of hydrogen-bond donors (Lipinski definition) is 0. The van der Waals surface area contributed by atoms with Gasteiger partial charge in [0.05, 0.1) is 11.0 Å². The Morgan fingerprint density at radius 3 is 2.57 bits per heavy atom. The highest BCUT2D eigenvalue weighted by molar-refractivity contribution is 7.99. The van der Waals surface area contributed by atoms with Gasteiger partial charge in [-0.25, -0.2) is 4.98 Å². The molecule has 4 rings (SSSR count). The highest BCUT2D eigenvalue weighted by atomic mass is 32.2. The number of benzene rings is 3. The number of rotatable bonds is 7. The average Bonchev–Trinajstić information content (AvgIpc) is 3.02. The second-order valence-corrected chi connectivity index (χ2v) is 9.06. The van der Waals surface area contributed by atoms with E-state index in [0.29, 0.717) is 5.92 Å². The summed E-state index contributed by atoms with van der Waals surface area (Å²) in [5, 5.41) is 2.59. The molecule has 0 aliphatic rings. The summed E-state index contributed by atoms with van der Waals surface area (Å²) >= 11 is 1.93. The van der Waals surface area contributed by atoms with Gasteiger partial charge in [0, 0.05) is 17.9 Å². The van der Waals surface area contributed by atoms with E-state index in [2.05, 4.69) is 86.0 Å². The molecule has 0 unspecified atom stereocenters. The molecule has 0 saturated carbocycles. The van der Waals surface area contributed by atoms with Crippen LogP contribution in [0.3, 0.4) is 0 Å². The molecule has 0 N–H and O–H groups in total. The number of aromatic nitrogens is 2. The van der Waals surface area contributed by atoms with Crippen LogP contribution in [0.1, 0.15) is 38.6 Å². The minimum Gasteiger partial charge on any atom is -0.323 e.